The van der Waals surface area contributed by atoms with Crippen molar-refractivity contribution >= 4 is 23.3 Å². The zero-order valence-corrected chi connectivity index (χ0v) is 11.1. The van der Waals surface area contributed by atoms with Gasteiger partial charge in [0.25, 0.3) is 5.91 Å². The quantitative estimate of drug-likeness (QED) is 0.379. The molecule has 0 aliphatic carbocycles. The number of halogens is 1. The van der Waals surface area contributed by atoms with Gasteiger partial charge in [-0.3, -0.25) is 4.79 Å². The number of benzene rings is 1. The monoisotopic (exact) mass is 269 g/mol. The van der Waals surface area contributed by atoms with Gasteiger partial charge in [0.2, 0.25) is 0 Å². The van der Waals surface area contributed by atoms with E-state index in [4.69, 9.17) is 22.5 Å². The minimum atomic E-state index is -0.168. The first-order chi connectivity index (χ1) is 8.49. The molecule has 0 saturated heterocycles. The molecule has 0 bridgehead atoms. The lowest BCUT2D eigenvalue weighted by molar-refractivity contribution is 0.0785. The fourth-order valence-corrected chi connectivity index (χ4v) is 1.82. The molecule has 1 aromatic carbocycles. The first-order valence-electron chi connectivity index (χ1n) is 5.51. The Morgan fingerprint density at radius 3 is 2.72 bits per heavy atom. The molecule has 0 radical (unpaired) electrons. The molecule has 1 rings (SSSR count). The minimum absolute atomic E-state index is 0.00295. The van der Waals surface area contributed by atoms with Crippen molar-refractivity contribution in [2.45, 2.75) is 13.8 Å². The maximum Gasteiger partial charge on any atom is 0.254 e. The lowest BCUT2D eigenvalue weighted by atomic mass is 10.1. The number of amidine groups is 1. The van der Waals surface area contributed by atoms with E-state index in [2.05, 4.69) is 5.16 Å². The smallest absolute Gasteiger partial charge is 0.254 e. The molecule has 0 aromatic heterocycles. The van der Waals surface area contributed by atoms with Crippen LogP contribution in [-0.4, -0.2) is 34.9 Å². The van der Waals surface area contributed by atoms with Crippen molar-refractivity contribution in [1.29, 1.82) is 0 Å². The molecule has 5 nitrogen and oxygen atoms in total. The number of carbonyl (C=O) groups excluding carboxylic acids is 1. The summed E-state index contributed by atoms with van der Waals surface area (Å²) in [6, 6.07) is 5.07. The highest BCUT2D eigenvalue weighted by molar-refractivity contribution is 6.30. The van der Waals surface area contributed by atoms with Gasteiger partial charge in [0.1, 0.15) is 0 Å². The third-order valence-electron chi connectivity index (χ3n) is 2.57. The summed E-state index contributed by atoms with van der Waals surface area (Å²) in [6.45, 7) is 4.20. The maximum absolute atomic E-state index is 12.3. The third kappa shape index (κ3) is 3.37. The molecule has 0 aliphatic rings. The molecule has 0 heterocycles. The van der Waals surface area contributed by atoms with Crippen LogP contribution in [0.25, 0.3) is 0 Å². The number of aryl methyl sites for hydroxylation is 1. The second-order valence-corrected chi connectivity index (χ2v) is 4.31. The van der Waals surface area contributed by atoms with Crippen LogP contribution in [0.1, 0.15) is 22.8 Å². The summed E-state index contributed by atoms with van der Waals surface area (Å²) in [6.07, 6.45) is 0. The highest BCUT2D eigenvalue weighted by atomic mass is 35.5. The molecule has 0 spiro atoms. The molecule has 0 saturated carbocycles. The fourth-order valence-electron chi connectivity index (χ4n) is 1.59. The van der Waals surface area contributed by atoms with E-state index >= 15 is 0 Å². The van der Waals surface area contributed by atoms with E-state index in [9.17, 15) is 4.79 Å². The molecule has 0 aliphatic heterocycles. The number of oxime groups is 1. The molecule has 0 unspecified atom stereocenters. The Bertz CT molecular complexity index is 474. The van der Waals surface area contributed by atoms with E-state index in [1.54, 1.807) is 18.2 Å². The lowest BCUT2D eigenvalue weighted by Gasteiger charge is -2.21. The Morgan fingerprint density at radius 1 is 1.56 bits per heavy atom. The summed E-state index contributed by atoms with van der Waals surface area (Å²) >= 11 is 5.84. The van der Waals surface area contributed by atoms with Gasteiger partial charge in [0, 0.05) is 17.1 Å². The number of amides is 1. The molecule has 6 heteroatoms. The molecule has 3 N–H and O–H groups in total. The van der Waals surface area contributed by atoms with Crippen LogP contribution >= 0.6 is 11.6 Å². The average Bonchev–Trinajstić information content (AvgIpc) is 2.34. The van der Waals surface area contributed by atoms with Crippen LogP contribution in [0.4, 0.5) is 0 Å². The minimum Gasteiger partial charge on any atom is -0.409 e. The van der Waals surface area contributed by atoms with E-state index < -0.39 is 0 Å². The van der Waals surface area contributed by atoms with Crippen molar-refractivity contribution in [3.63, 3.8) is 0 Å². The van der Waals surface area contributed by atoms with Crippen molar-refractivity contribution in [2.75, 3.05) is 13.1 Å². The van der Waals surface area contributed by atoms with Gasteiger partial charge in [-0.05, 0) is 37.6 Å². The summed E-state index contributed by atoms with van der Waals surface area (Å²) in [5.41, 5.74) is 6.77. The third-order valence-corrected chi connectivity index (χ3v) is 2.80. The van der Waals surface area contributed by atoms with E-state index in [1.165, 1.54) is 4.90 Å². The van der Waals surface area contributed by atoms with Crippen molar-refractivity contribution in [2.24, 2.45) is 10.9 Å². The standard InChI is InChI=1S/C12H16ClN3O2/c1-3-16(7-11(14)15-18)12(17)10-5-4-9(13)6-8(10)2/h4-6,18H,3,7H2,1-2H3,(H2,14,15). The summed E-state index contributed by atoms with van der Waals surface area (Å²) in [5, 5.41) is 12.0. The Kier molecular flexibility index (Phi) is 4.97. The van der Waals surface area contributed by atoms with Crippen LogP contribution in [0.3, 0.4) is 0 Å². The van der Waals surface area contributed by atoms with Gasteiger partial charge in [0.05, 0.1) is 6.54 Å². The topological polar surface area (TPSA) is 78.9 Å². The van der Waals surface area contributed by atoms with Crippen molar-refractivity contribution in [3.8, 4) is 0 Å². The van der Waals surface area contributed by atoms with Crippen LogP contribution in [0.15, 0.2) is 23.4 Å². The highest BCUT2D eigenvalue weighted by Gasteiger charge is 2.17. The Morgan fingerprint density at radius 2 is 2.22 bits per heavy atom. The fraction of sp³-hybridized carbons (Fsp3) is 0.333. The summed E-state index contributed by atoms with van der Waals surface area (Å²) in [7, 11) is 0. The van der Waals surface area contributed by atoms with Crippen LogP contribution in [-0.2, 0) is 0 Å². The predicted molar refractivity (Wildman–Crippen MR) is 71.2 cm³/mol. The average molecular weight is 270 g/mol. The number of likely N-dealkylation sites (N-methyl/N-ethyl adjacent to an activating group) is 1. The normalized spacial score (nSPS) is 11.4. The maximum atomic E-state index is 12.3. The van der Waals surface area contributed by atoms with E-state index in [0.29, 0.717) is 17.1 Å². The first kappa shape index (κ1) is 14.3. The Hall–Kier alpha value is -1.75. The summed E-state index contributed by atoms with van der Waals surface area (Å²) in [4.78, 5) is 13.7. The highest BCUT2D eigenvalue weighted by Crippen LogP contribution is 2.16. The van der Waals surface area contributed by atoms with Gasteiger partial charge in [-0.1, -0.05) is 16.8 Å². The predicted octanol–water partition coefficient (Wildman–Crippen LogP) is 1.86. The van der Waals surface area contributed by atoms with E-state index in [0.717, 1.165) is 5.56 Å². The molecule has 1 aromatic rings. The van der Waals surface area contributed by atoms with Gasteiger partial charge in [-0.25, -0.2) is 0 Å². The van der Waals surface area contributed by atoms with Gasteiger partial charge in [-0.15, -0.1) is 0 Å². The number of carbonyl (C=O) groups is 1. The molecule has 1 amide bonds. The molecular formula is C12H16ClN3O2. The van der Waals surface area contributed by atoms with E-state index in [1.807, 2.05) is 13.8 Å². The number of hydrogen-bond acceptors (Lipinski definition) is 3. The molecular weight excluding hydrogens is 254 g/mol. The number of nitrogens with two attached hydrogens (primary N) is 1. The second-order valence-electron chi connectivity index (χ2n) is 3.87. The van der Waals surface area contributed by atoms with Crippen molar-refractivity contribution in [3.05, 3.63) is 34.3 Å². The zero-order valence-electron chi connectivity index (χ0n) is 10.4. The Labute approximate surface area is 111 Å². The van der Waals surface area contributed by atoms with Gasteiger partial charge < -0.3 is 15.8 Å². The van der Waals surface area contributed by atoms with Crippen LogP contribution < -0.4 is 5.73 Å². The van der Waals surface area contributed by atoms with Crippen LogP contribution in [0, 0.1) is 6.92 Å². The molecule has 0 fully saturated rings. The SMILES string of the molecule is CCN(C/C(N)=N/O)C(=O)c1ccc(Cl)cc1C. The zero-order chi connectivity index (χ0) is 13.7. The number of nitrogens with zero attached hydrogens (tertiary/aromatic N) is 2. The van der Waals surface area contributed by atoms with Crippen LogP contribution in [0.2, 0.25) is 5.02 Å². The summed E-state index contributed by atoms with van der Waals surface area (Å²) in [5.74, 6) is -0.171. The molecule has 98 valence electrons. The van der Waals surface area contributed by atoms with Gasteiger partial charge in [-0.2, -0.15) is 0 Å². The number of rotatable bonds is 4. The van der Waals surface area contributed by atoms with Gasteiger partial charge >= 0.3 is 0 Å². The largest absolute Gasteiger partial charge is 0.409 e. The summed E-state index contributed by atoms with van der Waals surface area (Å²) < 4.78 is 0. The van der Waals surface area contributed by atoms with Crippen molar-refractivity contribution < 1.29 is 10.0 Å². The lowest BCUT2D eigenvalue weighted by Crippen LogP contribution is -2.38. The van der Waals surface area contributed by atoms with Gasteiger partial charge in [0.15, 0.2) is 5.84 Å². The first-order valence-corrected chi connectivity index (χ1v) is 5.89. The molecule has 0 atom stereocenters. The Balaban J connectivity index is 2.96. The van der Waals surface area contributed by atoms with Crippen LogP contribution in [0.5, 0.6) is 0 Å². The van der Waals surface area contributed by atoms with Crippen molar-refractivity contribution in [1.82, 2.24) is 4.90 Å². The molecule has 18 heavy (non-hydrogen) atoms. The van der Waals surface area contributed by atoms with E-state index in [-0.39, 0.29) is 18.3 Å². The second kappa shape index (κ2) is 6.26. The number of hydrogen-bond donors (Lipinski definition) is 2.